The van der Waals surface area contributed by atoms with E-state index in [2.05, 4.69) is 10.4 Å². The van der Waals surface area contributed by atoms with E-state index in [1.54, 1.807) is 29.1 Å². The van der Waals surface area contributed by atoms with Crippen LogP contribution in [0.5, 0.6) is 0 Å². The van der Waals surface area contributed by atoms with Crippen LogP contribution in [-0.2, 0) is 18.4 Å². The van der Waals surface area contributed by atoms with Gasteiger partial charge in [-0.15, -0.1) is 0 Å². The van der Waals surface area contributed by atoms with Gasteiger partial charge in [-0.25, -0.2) is 4.39 Å². The Labute approximate surface area is 116 Å². The first-order valence-electron chi connectivity index (χ1n) is 6.65. The monoisotopic (exact) mass is 273 g/mol. The largest absolute Gasteiger partial charge is 0.352 e. The van der Waals surface area contributed by atoms with Gasteiger partial charge in [0.15, 0.2) is 0 Å². The van der Waals surface area contributed by atoms with Gasteiger partial charge in [-0.3, -0.25) is 9.48 Å². The fraction of sp³-hybridized carbons (Fsp3) is 0.333. The summed E-state index contributed by atoms with van der Waals surface area (Å²) in [5.74, 6) is -0.0511. The normalized spacial score (nSPS) is 20.7. The molecule has 0 unspecified atom stereocenters. The number of aryl methyl sites for hydroxylation is 1. The highest BCUT2D eigenvalue weighted by atomic mass is 19.1. The molecule has 2 atom stereocenters. The first-order valence-corrected chi connectivity index (χ1v) is 6.65. The van der Waals surface area contributed by atoms with E-state index in [1.807, 2.05) is 13.2 Å². The third-order valence-corrected chi connectivity index (χ3v) is 3.69. The molecule has 1 heterocycles. The van der Waals surface area contributed by atoms with Crippen LogP contribution in [0.2, 0.25) is 0 Å². The molecule has 1 aliphatic carbocycles. The molecule has 0 saturated heterocycles. The summed E-state index contributed by atoms with van der Waals surface area (Å²) in [5.41, 5.74) is 1.61. The molecule has 1 aromatic carbocycles. The zero-order chi connectivity index (χ0) is 14.1. The molecular formula is C15H16FN3O. The van der Waals surface area contributed by atoms with Crippen LogP contribution < -0.4 is 5.32 Å². The summed E-state index contributed by atoms with van der Waals surface area (Å²) < 4.78 is 15.2. The number of halogens is 1. The summed E-state index contributed by atoms with van der Waals surface area (Å²) >= 11 is 0. The number of nitrogens with zero attached hydrogens (tertiary/aromatic N) is 2. The van der Waals surface area contributed by atoms with Gasteiger partial charge >= 0.3 is 0 Å². The van der Waals surface area contributed by atoms with E-state index in [1.165, 1.54) is 6.07 Å². The second-order valence-corrected chi connectivity index (χ2v) is 5.21. The van der Waals surface area contributed by atoms with Gasteiger partial charge in [0, 0.05) is 31.3 Å². The summed E-state index contributed by atoms with van der Waals surface area (Å²) in [6.45, 7) is 0.238. The minimum absolute atomic E-state index is 0.00836. The number of amides is 1. The summed E-state index contributed by atoms with van der Waals surface area (Å²) in [6.07, 6.45) is 4.58. The molecule has 1 fully saturated rings. The van der Waals surface area contributed by atoms with E-state index >= 15 is 0 Å². The molecular weight excluding hydrogens is 257 g/mol. The van der Waals surface area contributed by atoms with Crippen molar-refractivity contribution in [2.45, 2.75) is 18.9 Å². The lowest BCUT2D eigenvalue weighted by Gasteiger charge is -2.05. The second kappa shape index (κ2) is 5.07. The van der Waals surface area contributed by atoms with E-state index in [0.29, 0.717) is 5.56 Å². The van der Waals surface area contributed by atoms with Crippen LogP contribution in [-0.4, -0.2) is 15.7 Å². The quantitative estimate of drug-likeness (QED) is 0.926. The van der Waals surface area contributed by atoms with E-state index < -0.39 is 0 Å². The van der Waals surface area contributed by atoms with Crippen LogP contribution in [0.1, 0.15) is 23.5 Å². The predicted octanol–water partition coefficient (Wildman–Crippen LogP) is 1.98. The lowest BCUT2D eigenvalue weighted by atomic mass is 10.2. The van der Waals surface area contributed by atoms with Gasteiger partial charge in [0.1, 0.15) is 5.82 Å². The van der Waals surface area contributed by atoms with Crippen LogP contribution in [0.4, 0.5) is 4.39 Å². The molecule has 1 N–H and O–H groups in total. The zero-order valence-electron chi connectivity index (χ0n) is 11.2. The highest BCUT2D eigenvalue weighted by molar-refractivity contribution is 5.82. The number of hydrogen-bond acceptors (Lipinski definition) is 2. The summed E-state index contributed by atoms with van der Waals surface area (Å²) in [7, 11) is 1.86. The molecule has 0 spiro atoms. The molecule has 0 bridgehead atoms. The van der Waals surface area contributed by atoms with Gasteiger partial charge in [-0.05, 0) is 24.0 Å². The average Bonchev–Trinajstić information content (AvgIpc) is 3.13. The van der Waals surface area contributed by atoms with Gasteiger partial charge in [0.05, 0.1) is 6.20 Å². The molecule has 1 saturated carbocycles. The first-order chi connectivity index (χ1) is 9.65. The van der Waals surface area contributed by atoms with Gasteiger partial charge in [0.2, 0.25) is 5.91 Å². The van der Waals surface area contributed by atoms with Crippen molar-refractivity contribution in [1.29, 1.82) is 0 Å². The lowest BCUT2D eigenvalue weighted by molar-refractivity contribution is -0.122. The fourth-order valence-electron chi connectivity index (χ4n) is 2.44. The minimum Gasteiger partial charge on any atom is -0.352 e. The number of nitrogens with one attached hydrogen (secondary N) is 1. The number of rotatable bonds is 4. The molecule has 5 heteroatoms. The average molecular weight is 273 g/mol. The van der Waals surface area contributed by atoms with Crippen molar-refractivity contribution in [2.75, 3.05) is 0 Å². The maximum atomic E-state index is 13.4. The molecule has 4 nitrogen and oxygen atoms in total. The highest BCUT2D eigenvalue weighted by Crippen LogP contribution is 2.47. The van der Waals surface area contributed by atoms with E-state index in [4.69, 9.17) is 0 Å². The van der Waals surface area contributed by atoms with Gasteiger partial charge in [-0.2, -0.15) is 5.10 Å². The predicted molar refractivity (Wildman–Crippen MR) is 72.3 cm³/mol. The molecule has 0 radical (unpaired) electrons. The summed E-state index contributed by atoms with van der Waals surface area (Å²) in [5, 5.41) is 6.91. The Hall–Kier alpha value is -2.17. The Bertz CT molecular complexity index is 638. The molecule has 2 aromatic rings. The van der Waals surface area contributed by atoms with E-state index in [-0.39, 0.29) is 30.1 Å². The smallest absolute Gasteiger partial charge is 0.224 e. The lowest BCUT2D eigenvalue weighted by Crippen LogP contribution is -2.25. The topological polar surface area (TPSA) is 46.9 Å². The Kier molecular flexibility index (Phi) is 3.26. The van der Waals surface area contributed by atoms with E-state index in [0.717, 1.165) is 12.0 Å². The van der Waals surface area contributed by atoms with Crippen molar-refractivity contribution in [1.82, 2.24) is 15.1 Å². The fourth-order valence-corrected chi connectivity index (χ4v) is 2.44. The number of carbonyl (C=O) groups is 1. The maximum absolute atomic E-state index is 13.4. The SMILES string of the molecule is Cn1cc([C@H]2C[C@H]2C(=O)NCc2ccccc2F)cn1. The molecule has 104 valence electrons. The number of hydrogen-bond donors (Lipinski definition) is 1. The Morgan fingerprint density at radius 2 is 2.30 bits per heavy atom. The van der Waals surface area contributed by atoms with Gasteiger partial charge in [-0.1, -0.05) is 18.2 Å². The van der Waals surface area contributed by atoms with Gasteiger partial charge < -0.3 is 5.32 Å². The maximum Gasteiger partial charge on any atom is 0.224 e. The van der Waals surface area contributed by atoms with Gasteiger partial charge in [0.25, 0.3) is 0 Å². The standard InChI is InChI=1S/C15H16FN3O/c1-19-9-11(8-18-19)12-6-13(12)15(20)17-7-10-4-2-3-5-14(10)16/h2-5,8-9,12-13H,6-7H2,1H3,(H,17,20)/t12-,13-/m1/s1. The zero-order valence-corrected chi connectivity index (χ0v) is 11.2. The molecule has 1 aromatic heterocycles. The third kappa shape index (κ3) is 2.57. The van der Waals surface area contributed by atoms with Crippen molar-refractivity contribution in [3.8, 4) is 0 Å². The van der Waals surface area contributed by atoms with Crippen molar-refractivity contribution in [3.63, 3.8) is 0 Å². The van der Waals surface area contributed by atoms with Crippen molar-refractivity contribution in [3.05, 3.63) is 53.6 Å². The Balaban J connectivity index is 1.55. The van der Waals surface area contributed by atoms with Crippen LogP contribution in [0.15, 0.2) is 36.7 Å². The van der Waals surface area contributed by atoms with Crippen LogP contribution in [0, 0.1) is 11.7 Å². The van der Waals surface area contributed by atoms with Crippen LogP contribution in [0.25, 0.3) is 0 Å². The molecule has 20 heavy (non-hydrogen) atoms. The van der Waals surface area contributed by atoms with E-state index in [9.17, 15) is 9.18 Å². The molecule has 3 rings (SSSR count). The summed E-state index contributed by atoms with van der Waals surface area (Å²) in [6, 6.07) is 6.48. The van der Waals surface area contributed by atoms with Crippen molar-refractivity contribution >= 4 is 5.91 Å². The molecule has 1 aliphatic rings. The first kappa shape index (κ1) is 12.8. The number of aromatic nitrogens is 2. The molecule has 1 amide bonds. The molecule has 0 aliphatic heterocycles. The van der Waals surface area contributed by atoms with Crippen molar-refractivity contribution < 1.29 is 9.18 Å². The number of benzene rings is 1. The third-order valence-electron chi connectivity index (χ3n) is 3.69. The van der Waals surface area contributed by atoms with Crippen LogP contribution >= 0.6 is 0 Å². The minimum atomic E-state index is -0.285. The second-order valence-electron chi connectivity index (χ2n) is 5.21. The van der Waals surface area contributed by atoms with Crippen molar-refractivity contribution in [2.24, 2.45) is 13.0 Å². The highest BCUT2D eigenvalue weighted by Gasteiger charge is 2.44. The Morgan fingerprint density at radius 1 is 1.50 bits per heavy atom. The Morgan fingerprint density at radius 3 is 3.00 bits per heavy atom. The number of carbonyl (C=O) groups excluding carboxylic acids is 1. The van der Waals surface area contributed by atoms with Crippen LogP contribution in [0.3, 0.4) is 0 Å². The summed E-state index contributed by atoms with van der Waals surface area (Å²) in [4.78, 5) is 12.0.